The first-order valence-electron chi connectivity index (χ1n) is 5.63. The van der Waals surface area contributed by atoms with Crippen LogP contribution in [0.2, 0.25) is 0 Å². The van der Waals surface area contributed by atoms with Crippen LogP contribution in [0.4, 0.5) is 11.4 Å². The number of carbonyl (C=O) groups is 2. The van der Waals surface area contributed by atoms with Crippen molar-refractivity contribution in [1.29, 1.82) is 0 Å². The lowest BCUT2D eigenvalue weighted by Gasteiger charge is -2.17. The molecular weight excluding hydrogens is 232 g/mol. The minimum Gasteiger partial charge on any atom is -0.397 e. The Balaban J connectivity index is 2.84. The van der Waals surface area contributed by atoms with E-state index < -0.39 is 5.91 Å². The van der Waals surface area contributed by atoms with Gasteiger partial charge in [-0.05, 0) is 19.1 Å². The Morgan fingerprint density at radius 3 is 2.61 bits per heavy atom. The molecule has 5 N–H and O–H groups in total. The number of benzene rings is 1. The van der Waals surface area contributed by atoms with E-state index in [1.165, 1.54) is 0 Å². The van der Waals surface area contributed by atoms with Gasteiger partial charge >= 0.3 is 0 Å². The summed E-state index contributed by atoms with van der Waals surface area (Å²) in [6, 6.07) is 4.85. The zero-order chi connectivity index (χ0) is 13.7. The first kappa shape index (κ1) is 13.8. The molecule has 0 aliphatic rings. The Bertz CT molecular complexity index is 459. The fourth-order valence-corrected chi connectivity index (χ4v) is 1.45. The van der Waals surface area contributed by atoms with E-state index in [-0.39, 0.29) is 18.0 Å². The van der Waals surface area contributed by atoms with Gasteiger partial charge in [0.25, 0.3) is 5.91 Å². The SMILES string of the molecule is CCN(C)C(=O)CNc1c(N)cccc1C(N)=O. The summed E-state index contributed by atoms with van der Waals surface area (Å²) in [4.78, 5) is 24.5. The van der Waals surface area contributed by atoms with E-state index in [0.717, 1.165) is 0 Å². The molecule has 0 saturated carbocycles. The largest absolute Gasteiger partial charge is 0.397 e. The molecule has 0 fully saturated rings. The van der Waals surface area contributed by atoms with Crippen LogP contribution in [0.3, 0.4) is 0 Å². The highest BCUT2D eigenvalue weighted by atomic mass is 16.2. The van der Waals surface area contributed by atoms with Crippen molar-refractivity contribution < 1.29 is 9.59 Å². The number of likely N-dealkylation sites (N-methyl/N-ethyl adjacent to an activating group) is 1. The molecule has 0 heterocycles. The minimum atomic E-state index is -0.582. The average Bonchev–Trinajstić information content (AvgIpc) is 2.35. The van der Waals surface area contributed by atoms with Crippen LogP contribution in [-0.2, 0) is 4.79 Å². The second kappa shape index (κ2) is 5.90. The van der Waals surface area contributed by atoms with E-state index in [1.54, 1.807) is 30.1 Å². The molecule has 1 aromatic carbocycles. The van der Waals surface area contributed by atoms with Gasteiger partial charge in [0.2, 0.25) is 5.91 Å². The van der Waals surface area contributed by atoms with E-state index in [4.69, 9.17) is 11.5 Å². The van der Waals surface area contributed by atoms with Crippen LogP contribution in [0.25, 0.3) is 0 Å². The molecule has 1 rings (SSSR count). The molecule has 18 heavy (non-hydrogen) atoms. The molecule has 0 aliphatic heterocycles. The first-order chi connectivity index (χ1) is 8.47. The molecule has 0 saturated heterocycles. The van der Waals surface area contributed by atoms with Crippen molar-refractivity contribution in [3.8, 4) is 0 Å². The van der Waals surface area contributed by atoms with Crippen molar-refractivity contribution in [3.63, 3.8) is 0 Å². The van der Waals surface area contributed by atoms with Crippen LogP contribution in [-0.4, -0.2) is 36.9 Å². The summed E-state index contributed by atoms with van der Waals surface area (Å²) in [6.45, 7) is 2.57. The number of nitrogen functional groups attached to an aromatic ring is 1. The van der Waals surface area contributed by atoms with Gasteiger partial charge in [-0.15, -0.1) is 0 Å². The lowest BCUT2D eigenvalue weighted by atomic mass is 10.1. The van der Waals surface area contributed by atoms with Crippen molar-refractivity contribution in [2.24, 2.45) is 5.73 Å². The highest BCUT2D eigenvalue weighted by Crippen LogP contribution is 2.22. The summed E-state index contributed by atoms with van der Waals surface area (Å²) in [7, 11) is 1.70. The second-order valence-corrected chi connectivity index (χ2v) is 3.90. The first-order valence-corrected chi connectivity index (χ1v) is 5.63. The van der Waals surface area contributed by atoms with Gasteiger partial charge in [0, 0.05) is 13.6 Å². The number of rotatable bonds is 5. The molecule has 0 aromatic heterocycles. The Labute approximate surface area is 106 Å². The molecule has 98 valence electrons. The van der Waals surface area contributed by atoms with Gasteiger partial charge in [-0.1, -0.05) is 6.07 Å². The number of anilines is 2. The molecule has 0 spiro atoms. The van der Waals surface area contributed by atoms with Crippen molar-refractivity contribution in [2.75, 3.05) is 31.2 Å². The standard InChI is InChI=1S/C12H18N4O2/c1-3-16(2)10(17)7-15-11-8(12(14)18)5-4-6-9(11)13/h4-6,15H,3,7,13H2,1-2H3,(H2,14,18). The molecular formula is C12H18N4O2. The zero-order valence-electron chi connectivity index (χ0n) is 10.6. The van der Waals surface area contributed by atoms with Gasteiger partial charge in [-0.2, -0.15) is 0 Å². The van der Waals surface area contributed by atoms with Crippen molar-refractivity contribution in [3.05, 3.63) is 23.8 Å². The maximum Gasteiger partial charge on any atom is 0.250 e. The van der Waals surface area contributed by atoms with Crippen LogP contribution in [0.1, 0.15) is 17.3 Å². The summed E-state index contributed by atoms with van der Waals surface area (Å²) in [5.41, 5.74) is 12.1. The normalized spacial score (nSPS) is 9.89. The van der Waals surface area contributed by atoms with Crippen molar-refractivity contribution >= 4 is 23.2 Å². The predicted octanol–water partition coefficient (Wildman–Crippen LogP) is 0.258. The Kier molecular flexibility index (Phi) is 4.53. The molecule has 6 heteroatoms. The topological polar surface area (TPSA) is 101 Å². The van der Waals surface area contributed by atoms with Gasteiger partial charge in [0.15, 0.2) is 0 Å². The third-order valence-corrected chi connectivity index (χ3v) is 2.68. The van der Waals surface area contributed by atoms with E-state index >= 15 is 0 Å². The highest BCUT2D eigenvalue weighted by molar-refractivity contribution is 6.01. The van der Waals surface area contributed by atoms with Crippen molar-refractivity contribution in [2.45, 2.75) is 6.92 Å². The predicted molar refractivity (Wildman–Crippen MR) is 71.2 cm³/mol. The van der Waals surface area contributed by atoms with Gasteiger partial charge < -0.3 is 21.7 Å². The second-order valence-electron chi connectivity index (χ2n) is 3.90. The summed E-state index contributed by atoms with van der Waals surface area (Å²) in [6.07, 6.45) is 0. The third-order valence-electron chi connectivity index (χ3n) is 2.68. The van der Waals surface area contributed by atoms with Gasteiger partial charge in [-0.3, -0.25) is 9.59 Å². The quantitative estimate of drug-likeness (QED) is 0.652. The zero-order valence-corrected chi connectivity index (χ0v) is 10.6. The lowest BCUT2D eigenvalue weighted by Crippen LogP contribution is -2.32. The van der Waals surface area contributed by atoms with Crippen LogP contribution in [0, 0.1) is 0 Å². The smallest absolute Gasteiger partial charge is 0.250 e. The number of hydrogen-bond donors (Lipinski definition) is 3. The number of hydrogen-bond acceptors (Lipinski definition) is 4. The number of amides is 2. The number of nitrogens with one attached hydrogen (secondary N) is 1. The molecule has 0 bridgehead atoms. The fraction of sp³-hybridized carbons (Fsp3) is 0.333. The summed E-state index contributed by atoms with van der Waals surface area (Å²) >= 11 is 0. The Morgan fingerprint density at radius 1 is 1.39 bits per heavy atom. The molecule has 0 unspecified atom stereocenters. The number of para-hydroxylation sites is 1. The average molecular weight is 250 g/mol. The van der Waals surface area contributed by atoms with Crippen LogP contribution >= 0.6 is 0 Å². The number of nitrogens with zero attached hydrogens (tertiary/aromatic N) is 1. The maximum absolute atomic E-state index is 11.6. The summed E-state index contributed by atoms with van der Waals surface area (Å²) in [5.74, 6) is -0.669. The van der Waals surface area contributed by atoms with Crippen molar-refractivity contribution in [1.82, 2.24) is 4.90 Å². The Morgan fingerprint density at radius 2 is 2.06 bits per heavy atom. The monoisotopic (exact) mass is 250 g/mol. The maximum atomic E-state index is 11.6. The number of carbonyl (C=O) groups excluding carboxylic acids is 2. The molecule has 1 aromatic rings. The molecule has 2 amide bonds. The third kappa shape index (κ3) is 3.13. The van der Waals surface area contributed by atoms with Gasteiger partial charge in [0.1, 0.15) is 0 Å². The summed E-state index contributed by atoms with van der Waals surface area (Å²) < 4.78 is 0. The molecule has 0 atom stereocenters. The lowest BCUT2D eigenvalue weighted by molar-refractivity contribution is -0.127. The van der Waals surface area contributed by atoms with Gasteiger partial charge in [-0.25, -0.2) is 0 Å². The van der Waals surface area contributed by atoms with E-state index in [2.05, 4.69) is 5.32 Å². The minimum absolute atomic E-state index is 0.0683. The summed E-state index contributed by atoms with van der Waals surface area (Å²) in [5, 5.41) is 2.86. The number of primary amides is 1. The molecule has 0 aliphatic carbocycles. The highest BCUT2D eigenvalue weighted by Gasteiger charge is 2.13. The van der Waals surface area contributed by atoms with Crippen LogP contribution in [0.15, 0.2) is 18.2 Å². The number of nitrogens with two attached hydrogens (primary N) is 2. The fourth-order valence-electron chi connectivity index (χ4n) is 1.45. The van der Waals surface area contributed by atoms with E-state index in [1.807, 2.05) is 6.92 Å². The van der Waals surface area contributed by atoms with Gasteiger partial charge in [0.05, 0.1) is 23.5 Å². The van der Waals surface area contributed by atoms with E-state index in [0.29, 0.717) is 17.9 Å². The molecule has 6 nitrogen and oxygen atoms in total. The van der Waals surface area contributed by atoms with Crippen LogP contribution in [0.5, 0.6) is 0 Å². The van der Waals surface area contributed by atoms with E-state index in [9.17, 15) is 9.59 Å². The van der Waals surface area contributed by atoms with Crippen LogP contribution < -0.4 is 16.8 Å². The molecule has 0 radical (unpaired) electrons. The Hall–Kier alpha value is -2.24.